The Balaban J connectivity index is 2.11. The maximum atomic E-state index is 10.7. The van der Waals surface area contributed by atoms with Gasteiger partial charge in [0.2, 0.25) is 0 Å². The summed E-state index contributed by atoms with van der Waals surface area (Å²) in [6.45, 7) is 0. The lowest BCUT2D eigenvalue weighted by atomic mass is 10.2. The normalized spacial score (nSPS) is 17.9. The van der Waals surface area contributed by atoms with Crippen LogP contribution in [0.1, 0.15) is 5.56 Å². The average Bonchev–Trinajstić information content (AvgIpc) is 2.68. The molecule has 0 saturated heterocycles. The molecule has 0 amide bonds. The zero-order valence-corrected chi connectivity index (χ0v) is 9.35. The van der Waals surface area contributed by atoms with Crippen molar-refractivity contribution < 1.29 is 9.90 Å². The molecule has 1 N–H and O–H groups in total. The van der Waals surface area contributed by atoms with Crippen LogP contribution in [0.4, 0.5) is 0 Å². The van der Waals surface area contributed by atoms with Crippen molar-refractivity contribution in [1.29, 1.82) is 0 Å². The van der Waals surface area contributed by atoms with E-state index < -0.39 is 5.97 Å². The van der Waals surface area contributed by atoms with Crippen LogP contribution in [0.15, 0.2) is 44.9 Å². The molecule has 0 bridgehead atoms. The second-order valence-electron chi connectivity index (χ2n) is 2.88. The van der Waals surface area contributed by atoms with E-state index in [1.807, 2.05) is 36.4 Å². The molecule has 15 heavy (non-hydrogen) atoms. The summed E-state index contributed by atoms with van der Waals surface area (Å²) in [6, 6.07) is 9.86. The summed E-state index contributed by atoms with van der Waals surface area (Å²) in [5.74, 6) is -0.857. The molecule has 0 atom stereocenters. The Morgan fingerprint density at radius 2 is 2.00 bits per heavy atom. The van der Waals surface area contributed by atoms with Gasteiger partial charge in [-0.25, -0.2) is 4.79 Å². The Morgan fingerprint density at radius 3 is 2.60 bits per heavy atom. The molecule has 0 aromatic heterocycles. The molecular formula is C11H8O2S2. The van der Waals surface area contributed by atoms with Gasteiger partial charge in [0.05, 0.1) is 4.24 Å². The number of carboxylic acid groups (broad SMARTS) is 1. The second-order valence-corrected chi connectivity index (χ2v) is 5.13. The van der Waals surface area contributed by atoms with Gasteiger partial charge in [-0.3, -0.25) is 0 Å². The van der Waals surface area contributed by atoms with Crippen molar-refractivity contribution in [3.05, 3.63) is 50.4 Å². The molecule has 4 heteroatoms. The van der Waals surface area contributed by atoms with Gasteiger partial charge in [0.15, 0.2) is 0 Å². The fourth-order valence-corrected chi connectivity index (χ4v) is 3.08. The molecule has 0 aliphatic carbocycles. The summed E-state index contributed by atoms with van der Waals surface area (Å²) in [5.41, 5.74) is 1.09. The first-order valence-corrected chi connectivity index (χ1v) is 6.00. The monoisotopic (exact) mass is 236 g/mol. The first-order valence-electron chi connectivity index (χ1n) is 4.30. The van der Waals surface area contributed by atoms with Crippen LogP contribution in [-0.4, -0.2) is 11.1 Å². The molecule has 1 aliphatic rings. The highest BCUT2D eigenvalue weighted by atomic mass is 32.2. The van der Waals surface area contributed by atoms with E-state index in [1.165, 1.54) is 23.5 Å². The first-order chi connectivity index (χ1) is 7.25. The summed E-state index contributed by atoms with van der Waals surface area (Å²) in [7, 11) is 0. The number of thioether (sulfide) groups is 2. The lowest BCUT2D eigenvalue weighted by molar-refractivity contribution is -0.131. The third kappa shape index (κ3) is 2.67. The SMILES string of the molecule is O=C(O)C1=CS/C(=C\c2ccccc2)S1. The number of benzene rings is 1. The fourth-order valence-electron chi connectivity index (χ4n) is 1.11. The summed E-state index contributed by atoms with van der Waals surface area (Å²) in [6.07, 6.45) is 1.99. The van der Waals surface area contributed by atoms with Gasteiger partial charge in [-0.2, -0.15) is 0 Å². The largest absolute Gasteiger partial charge is 0.477 e. The van der Waals surface area contributed by atoms with E-state index >= 15 is 0 Å². The smallest absolute Gasteiger partial charge is 0.343 e. The van der Waals surface area contributed by atoms with E-state index in [2.05, 4.69) is 0 Å². The third-order valence-corrected chi connectivity index (χ3v) is 4.01. The lowest BCUT2D eigenvalue weighted by Gasteiger charge is -1.96. The van der Waals surface area contributed by atoms with Gasteiger partial charge >= 0.3 is 5.97 Å². The van der Waals surface area contributed by atoms with Gasteiger partial charge in [0.25, 0.3) is 0 Å². The van der Waals surface area contributed by atoms with E-state index in [9.17, 15) is 4.79 Å². The van der Waals surface area contributed by atoms with Crippen molar-refractivity contribution in [1.82, 2.24) is 0 Å². The van der Waals surface area contributed by atoms with Crippen LogP contribution >= 0.6 is 23.5 Å². The Kier molecular flexibility index (Phi) is 3.18. The maximum absolute atomic E-state index is 10.7. The van der Waals surface area contributed by atoms with E-state index in [-0.39, 0.29) is 0 Å². The van der Waals surface area contributed by atoms with Gasteiger partial charge in [-0.05, 0) is 17.0 Å². The number of rotatable bonds is 2. The summed E-state index contributed by atoms with van der Waals surface area (Å²) >= 11 is 2.75. The average molecular weight is 236 g/mol. The van der Waals surface area contributed by atoms with Gasteiger partial charge in [-0.15, -0.1) is 0 Å². The van der Waals surface area contributed by atoms with Gasteiger partial charge in [0, 0.05) is 0 Å². The summed E-state index contributed by atoms with van der Waals surface area (Å²) in [4.78, 5) is 11.1. The minimum absolute atomic E-state index is 0.391. The Morgan fingerprint density at radius 1 is 1.27 bits per heavy atom. The van der Waals surface area contributed by atoms with Crippen LogP contribution in [0.3, 0.4) is 0 Å². The summed E-state index contributed by atoms with van der Waals surface area (Å²) in [5, 5.41) is 10.4. The molecule has 0 spiro atoms. The third-order valence-electron chi connectivity index (χ3n) is 1.79. The second kappa shape index (κ2) is 4.59. The van der Waals surface area contributed by atoms with E-state index in [0.717, 1.165) is 9.80 Å². The molecule has 2 nitrogen and oxygen atoms in total. The van der Waals surface area contributed by atoms with Crippen molar-refractivity contribution in [2.24, 2.45) is 0 Å². The molecule has 1 aromatic carbocycles. The topological polar surface area (TPSA) is 37.3 Å². The van der Waals surface area contributed by atoms with E-state index in [1.54, 1.807) is 5.41 Å². The Hall–Kier alpha value is -1.13. The molecule has 0 unspecified atom stereocenters. The fraction of sp³-hybridized carbons (Fsp3) is 0. The highest BCUT2D eigenvalue weighted by molar-refractivity contribution is 8.28. The molecule has 0 radical (unpaired) electrons. The Bertz CT molecular complexity index is 435. The molecule has 0 saturated carbocycles. The maximum Gasteiger partial charge on any atom is 0.343 e. The molecular weight excluding hydrogens is 228 g/mol. The number of aliphatic carboxylic acids is 1. The number of hydrogen-bond acceptors (Lipinski definition) is 3. The standard InChI is InChI=1S/C11H8O2S2/c12-11(13)9-7-14-10(15-9)6-8-4-2-1-3-5-8/h1-7H,(H,12,13)/b10-6+. The molecule has 0 fully saturated rings. The Labute approximate surface area is 96.1 Å². The first kappa shape index (κ1) is 10.4. The van der Waals surface area contributed by atoms with Crippen LogP contribution in [0.5, 0.6) is 0 Å². The minimum atomic E-state index is -0.857. The molecule has 1 aromatic rings. The van der Waals surface area contributed by atoms with Crippen molar-refractivity contribution in [3.63, 3.8) is 0 Å². The van der Waals surface area contributed by atoms with Crippen LogP contribution in [-0.2, 0) is 4.79 Å². The van der Waals surface area contributed by atoms with E-state index in [0.29, 0.717) is 4.91 Å². The van der Waals surface area contributed by atoms with Crippen LogP contribution in [0, 0.1) is 0 Å². The van der Waals surface area contributed by atoms with Crippen LogP contribution in [0.2, 0.25) is 0 Å². The number of carboxylic acids is 1. The van der Waals surface area contributed by atoms with E-state index in [4.69, 9.17) is 5.11 Å². The predicted octanol–water partition coefficient (Wildman–Crippen LogP) is 3.39. The van der Waals surface area contributed by atoms with Crippen molar-refractivity contribution >= 4 is 35.6 Å². The van der Waals surface area contributed by atoms with Gasteiger partial charge < -0.3 is 5.11 Å². The molecule has 1 aliphatic heterocycles. The lowest BCUT2D eigenvalue weighted by Crippen LogP contribution is -1.92. The quantitative estimate of drug-likeness (QED) is 0.854. The highest BCUT2D eigenvalue weighted by Gasteiger charge is 2.17. The zero-order valence-electron chi connectivity index (χ0n) is 7.71. The summed E-state index contributed by atoms with van der Waals surface area (Å²) < 4.78 is 0.999. The van der Waals surface area contributed by atoms with Crippen molar-refractivity contribution in [2.45, 2.75) is 0 Å². The number of carbonyl (C=O) groups is 1. The van der Waals surface area contributed by atoms with Gasteiger partial charge in [0.1, 0.15) is 4.91 Å². The molecule has 1 heterocycles. The van der Waals surface area contributed by atoms with Crippen LogP contribution in [0.25, 0.3) is 6.08 Å². The minimum Gasteiger partial charge on any atom is -0.477 e. The molecule has 76 valence electrons. The van der Waals surface area contributed by atoms with Crippen molar-refractivity contribution in [2.75, 3.05) is 0 Å². The van der Waals surface area contributed by atoms with Crippen molar-refractivity contribution in [3.8, 4) is 0 Å². The molecule has 2 rings (SSSR count). The zero-order chi connectivity index (χ0) is 10.7. The predicted molar refractivity (Wildman–Crippen MR) is 65.3 cm³/mol. The number of hydrogen-bond donors (Lipinski definition) is 1. The van der Waals surface area contributed by atoms with Crippen LogP contribution < -0.4 is 0 Å². The van der Waals surface area contributed by atoms with Gasteiger partial charge in [-0.1, -0.05) is 53.9 Å². The highest BCUT2D eigenvalue weighted by Crippen LogP contribution is 2.44.